The van der Waals surface area contributed by atoms with Gasteiger partial charge in [0.2, 0.25) is 35.4 Å². The Balaban J connectivity index is 2.70. The largest absolute Gasteiger partial charge is 0.370 e. The van der Waals surface area contributed by atoms with Crippen molar-refractivity contribution in [3.05, 3.63) is 35.9 Å². The Hall–Kier alpha value is -4.34. The number of benzene rings is 1. The number of aliphatic imine (C=N–C) groups is 1. The maximum absolute atomic E-state index is 14.1. The molecule has 8 atom stereocenters. The summed E-state index contributed by atoms with van der Waals surface area (Å²) in [7, 11) is 0. The Morgan fingerprint density at radius 3 is 1.65 bits per heavy atom. The first-order valence-electron chi connectivity index (χ1n) is 19.0. The molecule has 0 bridgehead atoms. The van der Waals surface area contributed by atoms with Crippen molar-refractivity contribution in [1.29, 1.82) is 0 Å². The van der Waals surface area contributed by atoms with Gasteiger partial charge in [0.1, 0.15) is 36.3 Å². The van der Waals surface area contributed by atoms with Crippen molar-refractivity contribution in [3.8, 4) is 0 Å². The molecule has 1 aromatic carbocycles. The second-order valence-electron chi connectivity index (χ2n) is 14.5. The van der Waals surface area contributed by atoms with Crippen molar-refractivity contribution < 1.29 is 28.8 Å². The lowest BCUT2D eigenvalue weighted by Crippen LogP contribution is -2.63. The summed E-state index contributed by atoms with van der Waals surface area (Å²) in [6.45, 7) is 11.4. The number of thioether (sulfide) groups is 1. The van der Waals surface area contributed by atoms with Gasteiger partial charge in [-0.2, -0.15) is 11.8 Å². The SMILES string of the molecule is CC[C@H](C)[C@@H]1NC(=O)[C@H](CC(C)C)NC(=O)[C@H](CCCN=C(N)N)NC(=O)[C@H](CCSC)NC(=O)[C@H](Cc2ccccc2)NC(=O)[C@H]([C@@H](C)CC)NC1=O. The average Bonchev–Trinajstić information content (AvgIpc) is 3.13. The van der Waals surface area contributed by atoms with Gasteiger partial charge in [-0.15, -0.1) is 0 Å². The van der Waals surface area contributed by atoms with Crippen LogP contribution < -0.4 is 43.4 Å². The van der Waals surface area contributed by atoms with Crippen LogP contribution in [0.15, 0.2) is 35.3 Å². The summed E-state index contributed by atoms with van der Waals surface area (Å²) >= 11 is 1.48. The van der Waals surface area contributed by atoms with Crippen LogP contribution >= 0.6 is 11.8 Å². The van der Waals surface area contributed by atoms with Crippen LogP contribution in [0.25, 0.3) is 0 Å². The van der Waals surface area contributed by atoms with Gasteiger partial charge in [-0.1, -0.05) is 84.7 Å². The molecule has 1 aliphatic rings. The molecule has 10 N–H and O–H groups in total. The molecule has 16 heteroatoms. The lowest BCUT2D eigenvalue weighted by Gasteiger charge is -2.32. The van der Waals surface area contributed by atoms with Crippen molar-refractivity contribution >= 4 is 53.2 Å². The molecule has 1 heterocycles. The molecule has 0 aliphatic carbocycles. The Labute approximate surface area is 324 Å². The highest BCUT2D eigenvalue weighted by molar-refractivity contribution is 7.98. The summed E-state index contributed by atoms with van der Waals surface area (Å²) in [5.41, 5.74) is 11.8. The van der Waals surface area contributed by atoms with Crippen LogP contribution in [0.5, 0.6) is 0 Å². The molecule has 0 spiro atoms. The number of hydrogen-bond donors (Lipinski definition) is 8. The number of amides is 6. The molecule has 2 rings (SSSR count). The van der Waals surface area contributed by atoms with E-state index in [9.17, 15) is 28.8 Å². The van der Waals surface area contributed by atoms with Crippen molar-refractivity contribution in [2.45, 2.75) is 123 Å². The van der Waals surface area contributed by atoms with Gasteiger partial charge in [0.05, 0.1) is 0 Å². The van der Waals surface area contributed by atoms with Crippen molar-refractivity contribution in [2.75, 3.05) is 18.6 Å². The minimum atomic E-state index is -1.12. The molecule has 6 amide bonds. The van der Waals surface area contributed by atoms with Crippen LogP contribution in [0.3, 0.4) is 0 Å². The van der Waals surface area contributed by atoms with Gasteiger partial charge in [-0.25, -0.2) is 0 Å². The molecule has 15 nitrogen and oxygen atoms in total. The van der Waals surface area contributed by atoms with Crippen LogP contribution in [0.4, 0.5) is 0 Å². The predicted molar refractivity (Wildman–Crippen MR) is 213 cm³/mol. The number of nitrogens with zero attached hydrogens (tertiary/aromatic N) is 1. The monoisotopic (exact) mass is 773 g/mol. The third-order valence-electron chi connectivity index (χ3n) is 9.66. The number of carbonyl (C=O) groups excluding carboxylic acids is 6. The van der Waals surface area contributed by atoms with Crippen molar-refractivity contribution in [3.63, 3.8) is 0 Å². The standard InChI is InChI=1S/C38H63N9O6S/c1-8-23(5)30-36(52)45-29(21-25-14-11-10-12-15-25)34(50)43-27(17-19-54-7)33(49)42-26(16-13-18-41-38(39)40)32(48)44-28(20-22(3)4)35(51)46-31(24(6)9-2)37(53)47-30/h10-12,14-15,22-24,26-31H,8-9,13,16-21H2,1-7H3,(H,42,49)(H,43,50)(H,44,48)(H,45,52)(H,46,51)(H,47,53)(H4,39,40,41)/t23-,24-,26-,27-,28-,29-,30-,31-/m0/s1. The fourth-order valence-electron chi connectivity index (χ4n) is 6.02. The smallest absolute Gasteiger partial charge is 0.243 e. The molecule has 1 saturated heterocycles. The second-order valence-corrected chi connectivity index (χ2v) is 15.5. The van der Waals surface area contributed by atoms with E-state index in [1.807, 2.05) is 78.1 Å². The van der Waals surface area contributed by atoms with Gasteiger partial charge < -0.3 is 43.4 Å². The van der Waals surface area contributed by atoms with Gasteiger partial charge >= 0.3 is 0 Å². The van der Waals surface area contributed by atoms with E-state index in [2.05, 4.69) is 36.9 Å². The molecule has 0 aromatic heterocycles. The van der Waals surface area contributed by atoms with Crippen LogP contribution in [0.2, 0.25) is 0 Å². The number of guanidine groups is 1. The van der Waals surface area contributed by atoms with E-state index in [-0.39, 0.29) is 55.9 Å². The fraction of sp³-hybridized carbons (Fsp3) is 0.658. The summed E-state index contributed by atoms with van der Waals surface area (Å²) < 4.78 is 0. The Morgan fingerprint density at radius 1 is 0.667 bits per heavy atom. The van der Waals surface area contributed by atoms with Crippen LogP contribution in [0, 0.1) is 17.8 Å². The fourth-order valence-corrected chi connectivity index (χ4v) is 6.49. The van der Waals surface area contributed by atoms with E-state index in [1.54, 1.807) is 0 Å². The zero-order valence-corrected chi connectivity index (χ0v) is 33.7. The highest BCUT2D eigenvalue weighted by atomic mass is 32.2. The minimum absolute atomic E-state index is 0.0295. The van der Waals surface area contributed by atoms with Gasteiger partial charge in [0.25, 0.3) is 0 Å². The minimum Gasteiger partial charge on any atom is -0.370 e. The molecule has 0 radical (unpaired) electrons. The maximum atomic E-state index is 14.1. The second kappa shape index (κ2) is 23.4. The molecule has 54 heavy (non-hydrogen) atoms. The predicted octanol–water partition coefficient (Wildman–Crippen LogP) is 1.10. The van der Waals surface area contributed by atoms with E-state index >= 15 is 0 Å². The topological polar surface area (TPSA) is 239 Å². The number of nitrogens with two attached hydrogens (primary N) is 2. The number of rotatable bonds is 15. The van der Waals surface area contributed by atoms with Crippen molar-refractivity contribution in [1.82, 2.24) is 31.9 Å². The zero-order chi connectivity index (χ0) is 40.4. The normalized spacial score (nSPS) is 24.7. The zero-order valence-electron chi connectivity index (χ0n) is 32.9. The first kappa shape index (κ1) is 45.8. The van der Waals surface area contributed by atoms with E-state index in [4.69, 9.17) is 11.5 Å². The highest BCUT2D eigenvalue weighted by Gasteiger charge is 2.37. The van der Waals surface area contributed by atoms with E-state index in [1.165, 1.54) is 11.8 Å². The Kier molecular flexibility index (Phi) is 19.9. The number of nitrogens with one attached hydrogen (secondary N) is 6. The number of hydrogen-bond acceptors (Lipinski definition) is 8. The van der Waals surface area contributed by atoms with Crippen LogP contribution in [-0.4, -0.2) is 96.2 Å². The summed E-state index contributed by atoms with van der Waals surface area (Å²) in [5, 5.41) is 17.1. The third kappa shape index (κ3) is 15.2. The van der Waals surface area contributed by atoms with Gasteiger partial charge in [-0.3, -0.25) is 33.8 Å². The Morgan fingerprint density at radius 2 is 1.13 bits per heavy atom. The Bertz CT molecular complexity index is 1420. The third-order valence-corrected chi connectivity index (χ3v) is 10.3. The number of carbonyl (C=O) groups is 6. The molecule has 302 valence electrons. The van der Waals surface area contributed by atoms with E-state index in [0.717, 1.165) is 5.56 Å². The molecular weight excluding hydrogens is 711 g/mol. The van der Waals surface area contributed by atoms with E-state index < -0.39 is 71.7 Å². The molecule has 0 saturated carbocycles. The van der Waals surface area contributed by atoms with Crippen LogP contribution in [-0.2, 0) is 35.2 Å². The van der Waals surface area contributed by atoms with Crippen molar-refractivity contribution in [2.24, 2.45) is 34.2 Å². The van der Waals surface area contributed by atoms with Gasteiger partial charge in [0, 0.05) is 13.0 Å². The highest BCUT2D eigenvalue weighted by Crippen LogP contribution is 2.16. The molecule has 1 aliphatic heterocycles. The lowest BCUT2D eigenvalue weighted by atomic mass is 9.93. The summed E-state index contributed by atoms with van der Waals surface area (Å²) in [4.78, 5) is 88.1. The molecule has 1 aromatic rings. The summed E-state index contributed by atoms with van der Waals surface area (Å²) in [5.74, 6) is -3.82. The molecular formula is C38H63N9O6S. The first-order valence-corrected chi connectivity index (χ1v) is 20.4. The van der Waals surface area contributed by atoms with Crippen LogP contribution in [0.1, 0.15) is 85.6 Å². The lowest BCUT2D eigenvalue weighted by molar-refractivity contribution is -0.137. The van der Waals surface area contributed by atoms with Gasteiger partial charge in [-0.05, 0) is 61.0 Å². The quantitative estimate of drug-likeness (QED) is 0.0723. The molecule has 1 fully saturated rings. The summed E-state index contributed by atoms with van der Waals surface area (Å²) in [6, 6.07) is 2.70. The van der Waals surface area contributed by atoms with E-state index in [0.29, 0.717) is 25.0 Å². The van der Waals surface area contributed by atoms with Gasteiger partial charge in [0.15, 0.2) is 5.96 Å². The first-order chi connectivity index (χ1) is 25.6. The molecule has 0 unspecified atom stereocenters. The maximum Gasteiger partial charge on any atom is 0.243 e. The summed E-state index contributed by atoms with van der Waals surface area (Å²) in [6.07, 6.45) is 3.94. The average molecular weight is 774 g/mol.